The lowest BCUT2D eigenvalue weighted by Crippen LogP contribution is -2.20. The number of anilines is 1. The van der Waals surface area contributed by atoms with Gasteiger partial charge in [0.15, 0.2) is 0 Å². The van der Waals surface area contributed by atoms with Crippen LogP contribution in [0.3, 0.4) is 0 Å². The minimum atomic E-state index is -0.712. The Morgan fingerprint density at radius 2 is 1.75 bits per heavy atom. The second kappa shape index (κ2) is 6.45. The fourth-order valence-electron chi connectivity index (χ4n) is 2.28. The SMILES string of the molecule is COc1cccc(NC(=O)c2cc3ccc(OC)cc3oc2=O)c1. The number of fused-ring (bicyclic) bond motifs is 1. The van der Waals surface area contributed by atoms with Gasteiger partial charge < -0.3 is 19.2 Å². The first kappa shape index (κ1) is 15.6. The topological polar surface area (TPSA) is 77.8 Å². The Balaban J connectivity index is 1.94. The highest BCUT2D eigenvalue weighted by atomic mass is 16.5. The van der Waals surface area contributed by atoms with E-state index in [2.05, 4.69) is 5.32 Å². The molecule has 3 aromatic rings. The third-order valence-corrected chi connectivity index (χ3v) is 3.52. The molecule has 0 spiro atoms. The van der Waals surface area contributed by atoms with Crippen molar-refractivity contribution in [3.8, 4) is 11.5 Å². The lowest BCUT2D eigenvalue weighted by molar-refractivity contribution is 0.102. The third kappa shape index (κ3) is 3.08. The van der Waals surface area contributed by atoms with Gasteiger partial charge in [-0.2, -0.15) is 0 Å². The zero-order chi connectivity index (χ0) is 17.1. The number of nitrogens with one attached hydrogen (secondary N) is 1. The number of hydrogen-bond donors (Lipinski definition) is 1. The summed E-state index contributed by atoms with van der Waals surface area (Å²) in [5.41, 5.74) is 0.0949. The van der Waals surface area contributed by atoms with Crippen LogP contribution < -0.4 is 20.4 Å². The Labute approximate surface area is 137 Å². The van der Waals surface area contributed by atoms with Crippen LogP contribution in [0, 0.1) is 0 Å². The van der Waals surface area contributed by atoms with Crippen LogP contribution in [0.2, 0.25) is 0 Å². The second-order valence-electron chi connectivity index (χ2n) is 5.04. The summed E-state index contributed by atoms with van der Waals surface area (Å²) in [6, 6.07) is 13.4. The molecule has 0 bridgehead atoms. The van der Waals surface area contributed by atoms with Gasteiger partial charge in [0.25, 0.3) is 5.91 Å². The third-order valence-electron chi connectivity index (χ3n) is 3.52. The van der Waals surface area contributed by atoms with Crippen molar-refractivity contribution in [2.75, 3.05) is 19.5 Å². The number of methoxy groups -OCH3 is 2. The fraction of sp³-hybridized carbons (Fsp3) is 0.111. The van der Waals surface area contributed by atoms with Crippen LogP contribution in [0.4, 0.5) is 5.69 Å². The normalized spacial score (nSPS) is 10.4. The first-order valence-electron chi connectivity index (χ1n) is 7.18. The molecule has 1 N–H and O–H groups in total. The highest BCUT2D eigenvalue weighted by molar-refractivity contribution is 6.05. The van der Waals surface area contributed by atoms with Crippen LogP contribution in [0.15, 0.2) is 57.7 Å². The van der Waals surface area contributed by atoms with Crippen LogP contribution in [-0.2, 0) is 0 Å². The van der Waals surface area contributed by atoms with E-state index >= 15 is 0 Å². The van der Waals surface area contributed by atoms with Crippen molar-refractivity contribution in [3.63, 3.8) is 0 Å². The molecule has 2 aromatic carbocycles. The average Bonchev–Trinajstić information content (AvgIpc) is 2.60. The largest absolute Gasteiger partial charge is 0.497 e. The summed E-state index contributed by atoms with van der Waals surface area (Å²) >= 11 is 0. The van der Waals surface area contributed by atoms with E-state index in [4.69, 9.17) is 13.9 Å². The smallest absolute Gasteiger partial charge is 0.349 e. The predicted molar refractivity (Wildman–Crippen MR) is 90.0 cm³/mol. The lowest BCUT2D eigenvalue weighted by Gasteiger charge is -2.07. The van der Waals surface area contributed by atoms with Crippen LogP contribution in [0.5, 0.6) is 11.5 Å². The molecular weight excluding hydrogens is 310 g/mol. The molecule has 0 saturated carbocycles. The molecule has 122 valence electrons. The van der Waals surface area contributed by atoms with Gasteiger partial charge in [0, 0.05) is 23.2 Å². The quantitative estimate of drug-likeness (QED) is 0.746. The van der Waals surface area contributed by atoms with Gasteiger partial charge >= 0.3 is 5.63 Å². The van der Waals surface area contributed by atoms with Gasteiger partial charge in [0.1, 0.15) is 22.6 Å². The van der Waals surface area contributed by atoms with E-state index in [9.17, 15) is 9.59 Å². The summed E-state index contributed by atoms with van der Waals surface area (Å²) in [4.78, 5) is 24.5. The minimum Gasteiger partial charge on any atom is -0.497 e. The summed E-state index contributed by atoms with van der Waals surface area (Å²) < 4.78 is 15.4. The number of carbonyl (C=O) groups is 1. The van der Waals surface area contributed by atoms with Gasteiger partial charge in [-0.3, -0.25) is 4.79 Å². The van der Waals surface area contributed by atoms with E-state index in [1.165, 1.54) is 20.3 Å². The van der Waals surface area contributed by atoms with Crippen molar-refractivity contribution in [3.05, 3.63) is 64.5 Å². The Morgan fingerprint density at radius 3 is 2.50 bits per heavy atom. The lowest BCUT2D eigenvalue weighted by atomic mass is 10.1. The number of benzene rings is 2. The van der Waals surface area contributed by atoms with Crippen molar-refractivity contribution in [1.82, 2.24) is 0 Å². The van der Waals surface area contributed by atoms with Crippen molar-refractivity contribution < 1.29 is 18.7 Å². The molecule has 1 heterocycles. The molecule has 0 fully saturated rings. The Morgan fingerprint density at radius 1 is 1.00 bits per heavy atom. The van der Waals surface area contributed by atoms with Crippen LogP contribution in [0.1, 0.15) is 10.4 Å². The van der Waals surface area contributed by atoms with Crippen LogP contribution in [0.25, 0.3) is 11.0 Å². The summed E-state index contributed by atoms with van der Waals surface area (Å²) in [7, 11) is 3.06. The van der Waals surface area contributed by atoms with Crippen LogP contribution >= 0.6 is 0 Å². The van der Waals surface area contributed by atoms with E-state index in [1.807, 2.05) is 0 Å². The standard InChI is InChI=1S/C18H15NO5/c1-22-13-5-3-4-12(9-13)19-17(20)15-8-11-6-7-14(23-2)10-16(11)24-18(15)21/h3-10H,1-2H3,(H,19,20). The molecule has 3 rings (SSSR count). The zero-order valence-electron chi connectivity index (χ0n) is 13.2. The van der Waals surface area contributed by atoms with Gasteiger partial charge in [-0.25, -0.2) is 4.79 Å². The number of carbonyl (C=O) groups excluding carboxylic acids is 1. The second-order valence-corrected chi connectivity index (χ2v) is 5.04. The van der Waals surface area contributed by atoms with E-state index in [0.29, 0.717) is 28.2 Å². The van der Waals surface area contributed by atoms with Gasteiger partial charge in [0.05, 0.1) is 14.2 Å². The molecule has 1 aromatic heterocycles. The maximum atomic E-state index is 12.4. The zero-order valence-corrected chi connectivity index (χ0v) is 13.2. The summed E-state index contributed by atoms with van der Waals surface area (Å²) in [5.74, 6) is 0.624. The molecule has 0 aliphatic carbocycles. The van der Waals surface area contributed by atoms with Crippen LogP contribution in [-0.4, -0.2) is 20.1 Å². The number of amides is 1. The molecule has 0 aliphatic heterocycles. The molecular formula is C18H15NO5. The minimum absolute atomic E-state index is 0.0736. The first-order valence-corrected chi connectivity index (χ1v) is 7.18. The van der Waals surface area contributed by atoms with Crippen molar-refractivity contribution >= 4 is 22.6 Å². The van der Waals surface area contributed by atoms with Crippen molar-refractivity contribution in [2.24, 2.45) is 0 Å². The van der Waals surface area contributed by atoms with Gasteiger partial charge in [0.2, 0.25) is 0 Å². The molecule has 0 unspecified atom stereocenters. The Hall–Kier alpha value is -3.28. The van der Waals surface area contributed by atoms with Crippen molar-refractivity contribution in [1.29, 1.82) is 0 Å². The summed E-state index contributed by atoms with van der Waals surface area (Å²) in [5, 5.41) is 3.29. The molecule has 1 amide bonds. The number of rotatable bonds is 4. The predicted octanol–water partition coefficient (Wildman–Crippen LogP) is 3.06. The molecule has 0 radical (unpaired) electrons. The number of hydrogen-bond acceptors (Lipinski definition) is 5. The number of ether oxygens (including phenoxy) is 2. The highest BCUT2D eigenvalue weighted by Crippen LogP contribution is 2.21. The van der Waals surface area contributed by atoms with E-state index in [1.54, 1.807) is 42.5 Å². The molecule has 24 heavy (non-hydrogen) atoms. The molecule has 6 nitrogen and oxygen atoms in total. The molecule has 6 heteroatoms. The van der Waals surface area contributed by atoms with Gasteiger partial charge in [-0.15, -0.1) is 0 Å². The van der Waals surface area contributed by atoms with E-state index in [0.717, 1.165) is 0 Å². The summed E-state index contributed by atoms with van der Waals surface area (Å²) in [6.07, 6.45) is 0. The molecule has 0 aliphatic rings. The fourth-order valence-corrected chi connectivity index (χ4v) is 2.28. The monoisotopic (exact) mass is 325 g/mol. The maximum Gasteiger partial charge on any atom is 0.349 e. The Kier molecular flexibility index (Phi) is 4.20. The molecule has 0 saturated heterocycles. The summed E-state index contributed by atoms with van der Waals surface area (Å²) in [6.45, 7) is 0. The van der Waals surface area contributed by atoms with E-state index in [-0.39, 0.29) is 5.56 Å². The van der Waals surface area contributed by atoms with E-state index < -0.39 is 11.5 Å². The Bertz CT molecular complexity index is 961. The maximum absolute atomic E-state index is 12.4. The van der Waals surface area contributed by atoms with Gasteiger partial charge in [-0.1, -0.05) is 6.07 Å². The average molecular weight is 325 g/mol. The van der Waals surface area contributed by atoms with Gasteiger partial charge in [-0.05, 0) is 30.3 Å². The highest BCUT2D eigenvalue weighted by Gasteiger charge is 2.14. The first-order chi connectivity index (χ1) is 11.6. The molecule has 0 atom stereocenters. The van der Waals surface area contributed by atoms with Crippen molar-refractivity contribution in [2.45, 2.75) is 0 Å².